The van der Waals surface area contributed by atoms with E-state index < -0.39 is 0 Å². The topological polar surface area (TPSA) is 0 Å². The van der Waals surface area contributed by atoms with E-state index in [2.05, 4.69) is 25.7 Å². The minimum atomic E-state index is 0.625. The average Bonchev–Trinajstić information content (AvgIpc) is 2.47. The van der Waals surface area contributed by atoms with Gasteiger partial charge >= 0.3 is 0 Å². The van der Waals surface area contributed by atoms with E-state index in [1.165, 1.54) is 11.3 Å². The molecule has 1 heterocycles. The second-order valence-electron chi connectivity index (χ2n) is 2.49. The molecule has 67 valence electrons. The van der Waals surface area contributed by atoms with Crippen molar-refractivity contribution >= 4 is 34.7 Å². The van der Waals surface area contributed by atoms with Crippen molar-refractivity contribution in [2.45, 2.75) is 18.6 Å². The van der Waals surface area contributed by atoms with Gasteiger partial charge in [0, 0.05) is 16.5 Å². The maximum atomic E-state index is 5.82. The Labute approximate surface area is 87.3 Å². The standard InChI is InChI=1S/C9H12ClS2/c1-3-7(11-2)6-8-4-5-9(10)12-8/h4-7H,3H2,1-2H3. The molecule has 1 atom stereocenters. The van der Waals surface area contributed by atoms with Gasteiger partial charge in [-0.15, -0.1) is 11.3 Å². The first-order chi connectivity index (χ1) is 5.76. The van der Waals surface area contributed by atoms with Crippen LogP contribution in [-0.4, -0.2) is 11.5 Å². The zero-order valence-corrected chi connectivity index (χ0v) is 9.60. The van der Waals surface area contributed by atoms with Crippen LogP contribution in [0.3, 0.4) is 0 Å². The summed E-state index contributed by atoms with van der Waals surface area (Å²) in [5.41, 5.74) is 0. The maximum Gasteiger partial charge on any atom is 0.0931 e. The Morgan fingerprint density at radius 1 is 1.67 bits per heavy atom. The van der Waals surface area contributed by atoms with Gasteiger partial charge in [-0.2, -0.15) is 11.8 Å². The van der Waals surface area contributed by atoms with Crippen LogP contribution in [-0.2, 0) is 0 Å². The van der Waals surface area contributed by atoms with E-state index in [1.54, 1.807) is 11.3 Å². The van der Waals surface area contributed by atoms with E-state index in [-0.39, 0.29) is 0 Å². The van der Waals surface area contributed by atoms with Crippen LogP contribution in [0.1, 0.15) is 18.2 Å². The van der Waals surface area contributed by atoms with Gasteiger partial charge in [0.1, 0.15) is 0 Å². The van der Waals surface area contributed by atoms with Crippen molar-refractivity contribution in [1.82, 2.24) is 0 Å². The molecule has 0 bridgehead atoms. The van der Waals surface area contributed by atoms with E-state index in [4.69, 9.17) is 11.6 Å². The van der Waals surface area contributed by atoms with Crippen LogP contribution >= 0.6 is 34.7 Å². The zero-order chi connectivity index (χ0) is 8.97. The van der Waals surface area contributed by atoms with Crippen LogP contribution in [0, 0.1) is 6.42 Å². The fraction of sp³-hybridized carbons (Fsp3) is 0.444. The van der Waals surface area contributed by atoms with E-state index in [0.717, 1.165) is 4.34 Å². The Balaban J connectivity index is 2.50. The van der Waals surface area contributed by atoms with Crippen LogP contribution in [0.2, 0.25) is 4.34 Å². The Kier molecular flexibility index (Phi) is 4.47. The molecule has 12 heavy (non-hydrogen) atoms. The van der Waals surface area contributed by atoms with Crippen molar-refractivity contribution in [3.8, 4) is 0 Å². The first-order valence-electron chi connectivity index (χ1n) is 3.89. The summed E-state index contributed by atoms with van der Waals surface area (Å²) in [6, 6.07) is 4.02. The monoisotopic (exact) mass is 219 g/mol. The van der Waals surface area contributed by atoms with Crippen molar-refractivity contribution in [2.24, 2.45) is 0 Å². The Morgan fingerprint density at radius 2 is 2.42 bits per heavy atom. The molecule has 0 saturated heterocycles. The van der Waals surface area contributed by atoms with Gasteiger partial charge in [-0.05, 0) is 24.8 Å². The number of thioether (sulfide) groups is 1. The fourth-order valence-electron chi connectivity index (χ4n) is 0.954. The summed E-state index contributed by atoms with van der Waals surface area (Å²) in [6.07, 6.45) is 5.60. The predicted octanol–water partition coefficient (Wildman–Crippen LogP) is 4.10. The molecule has 0 aliphatic rings. The molecule has 0 aliphatic carbocycles. The van der Waals surface area contributed by atoms with Crippen LogP contribution in [0.15, 0.2) is 12.1 Å². The number of hydrogen-bond acceptors (Lipinski definition) is 2. The van der Waals surface area contributed by atoms with Crippen molar-refractivity contribution < 1.29 is 0 Å². The minimum Gasteiger partial charge on any atom is -0.161 e. The lowest BCUT2D eigenvalue weighted by Gasteiger charge is -2.08. The van der Waals surface area contributed by atoms with Crippen LogP contribution < -0.4 is 0 Å². The lowest BCUT2D eigenvalue weighted by atomic mass is 10.2. The molecule has 0 saturated carbocycles. The van der Waals surface area contributed by atoms with Gasteiger partial charge in [-0.1, -0.05) is 18.5 Å². The number of hydrogen-bond donors (Lipinski definition) is 0. The van der Waals surface area contributed by atoms with Crippen molar-refractivity contribution in [2.75, 3.05) is 6.26 Å². The molecule has 0 aliphatic heterocycles. The largest absolute Gasteiger partial charge is 0.161 e. The highest BCUT2D eigenvalue weighted by molar-refractivity contribution is 7.99. The third-order valence-electron chi connectivity index (χ3n) is 1.65. The molecular weight excluding hydrogens is 208 g/mol. The van der Waals surface area contributed by atoms with Crippen molar-refractivity contribution in [1.29, 1.82) is 0 Å². The van der Waals surface area contributed by atoms with E-state index in [9.17, 15) is 0 Å². The summed E-state index contributed by atoms with van der Waals surface area (Å²) in [4.78, 5) is 1.28. The van der Waals surface area contributed by atoms with E-state index in [1.807, 2.05) is 17.8 Å². The van der Waals surface area contributed by atoms with Gasteiger partial charge in [0.15, 0.2) is 0 Å². The third-order valence-corrected chi connectivity index (χ3v) is 3.92. The van der Waals surface area contributed by atoms with Crippen LogP contribution in [0.4, 0.5) is 0 Å². The average molecular weight is 220 g/mol. The predicted molar refractivity (Wildman–Crippen MR) is 60.3 cm³/mol. The second kappa shape index (κ2) is 5.15. The minimum absolute atomic E-state index is 0.625. The smallest absolute Gasteiger partial charge is 0.0931 e. The molecule has 1 rings (SSSR count). The SMILES string of the molecule is CCC([CH]c1ccc(Cl)s1)SC. The number of thiophene rings is 1. The summed E-state index contributed by atoms with van der Waals surface area (Å²) in [5, 5.41) is 0.625. The first kappa shape index (κ1) is 10.4. The van der Waals surface area contributed by atoms with Gasteiger partial charge in [0.2, 0.25) is 0 Å². The molecule has 0 aromatic carbocycles. The quantitative estimate of drug-likeness (QED) is 0.735. The molecule has 1 radical (unpaired) electrons. The van der Waals surface area contributed by atoms with Crippen LogP contribution in [0.5, 0.6) is 0 Å². The summed E-state index contributed by atoms with van der Waals surface area (Å²) in [5.74, 6) is 0. The number of halogens is 1. The lowest BCUT2D eigenvalue weighted by Crippen LogP contribution is -1.99. The maximum absolute atomic E-state index is 5.82. The molecule has 0 fully saturated rings. The molecular formula is C9H12ClS2. The van der Waals surface area contributed by atoms with Crippen molar-refractivity contribution in [3.05, 3.63) is 27.8 Å². The normalized spacial score (nSPS) is 13.2. The molecule has 0 amide bonds. The number of rotatable bonds is 4. The Morgan fingerprint density at radius 3 is 2.83 bits per heavy atom. The lowest BCUT2D eigenvalue weighted by molar-refractivity contribution is 0.941. The van der Waals surface area contributed by atoms with Crippen molar-refractivity contribution in [3.63, 3.8) is 0 Å². The molecule has 0 N–H and O–H groups in total. The van der Waals surface area contributed by atoms with Crippen LogP contribution in [0.25, 0.3) is 0 Å². The fourth-order valence-corrected chi connectivity index (χ4v) is 2.72. The highest BCUT2D eigenvalue weighted by Gasteiger charge is 2.07. The van der Waals surface area contributed by atoms with Gasteiger partial charge in [0.05, 0.1) is 4.34 Å². The summed E-state index contributed by atoms with van der Waals surface area (Å²) in [6.45, 7) is 2.20. The second-order valence-corrected chi connectivity index (χ2v) is 5.31. The zero-order valence-electron chi connectivity index (χ0n) is 7.21. The Bertz CT molecular complexity index is 228. The van der Waals surface area contributed by atoms with Gasteiger partial charge in [-0.3, -0.25) is 0 Å². The summed E-state index contributed by atoms with van der Waals surface area (Å²) >= 11 is 9.35. The molecule has 0 nitrogen and oxygen atoms in total. The van der Waals surface area contributed by atoms with Gasteiger partial charge in [0.25, 0.3) is 0 Å². The van der Waals surface area contributed by atoms with Gasteiger partial charge in [-0.25, -0.2) is 0 Å². The molecule has 1 aromatic rings. The molecule has 0 spiro atoms. The molecule has 1 unspecified atom stereocenters. The van der Waals surface area contributed by atoms with E-state index >= 15 is 0 Å². The first-order valence-corrected chi connectivity index (χ1v) is 6.37. The highest BCUT2D eigenvalue weighted by Crippen LogP contribution is 2.27. The summed E-state index contributed by atoms with van der Waals surface area (Å²) in [7, 11) is 0. The van der Waals surface area contributed by atoms with E-state index in [0.29, 0.717) is 5.25 Å². The van der Waals surface area contributed by atoms with Gasteiger partial charge < -0.3 is 0 Å². The third kappa shape index (κ3) is 3.00. The Hall–Kier alpha value is 0.340. The highest BCUT2D eigenvalue weighted by atomic mass is 35.5. The molecule has 3 heteroatoms. The molecule has 1 aromatic heterocycles. The summed E-state index contributed by atoms with van der Waals surface area (Å²) < 4.78 is 0.872.